The summed E-state index contributed by atoms with van der Waals surface area (Å²) in [5, 5.41) is 3.18. The average molecular weight is 452 g/mol. The number of rotatable bonds is 6. The first-order valence-electron chi connectivity index (χ1n) is 8.33. The number of halogens is 1. The maximum atomic E-state index is 6.03. The lowest BCUT2D eigenvalue weighted by Gasteiger charge is -2.23. The highest BCUT2D eigenvalue weighted by Crippen LogP contribution is 2.13. The predicted octanol–water partition coefficient (Wildman–Crippen LogP) is 4.17. The summed E-state index contributed by atoms with van der Waals surface area (Å²) in [5.74, 6) is 0.458. The Hall–Kier alpha value is -1.60. The molecule has 0 radical (unpaired) electrons. The fourth-order valence-electron chi connectivity index (χ4n) is 2.63. The second-order valence-corrected chi connectivity index (χ2v) is 6.48. The predicted molar refractivity (Wildman–Crippen MR) is 119 cm³/mol. The van der Waals surface area contributed by atoms with E-state index < -0.39 is 0 Å². The fraction of sp³-hybridized carbons (Fsp3) is 0.350. The molecular weight excluding hydrogens is 423 g/mol. The van der Waals surface area contributed by atoms with Crippen molar-refractivity contribution in [2.24, 2.45) is 10.7 Å². The number of hydrogen-bond donors (Lipinski definition) is 2. The molecule has 0 heterocycles. The molecule has 3 N–H and O–H groups in total. The van der Waals surface area contributed by atoms with E-state index in [-0.39, 0.29) is 24.0 Å². The smallest absolute Gasteiger partial charge is 0.193 e. The molecule has 0 saturated heterocycles. The van der Waals surface area contributed by atoms with Gasteiger partial charge in [0.1, 0.15) is 0 Å². The molecule has 0 aliphatic heterocycles. The first-order valence-corrected chi connectivity index (χ1v) is 8.33. The Morgan fingerprint density at radius 2 is 1.72 bits per heavy atom. The first-order chi connectivity index (χ1) is 11.4. The maximum Gasteiger partial charge on any atom is 0.193 e. The van der Waals surface area contributed by atoms with Gasteiger partial charge >= 0.3 is 0 Å². The van der Waals surface area contributed by atoms with Gasteiger partial charge in [0.05, 0.1) is 6.54 Å². The van der Waals surface area contributed by atoms with Crippen molar-refractivity contribution < 1.29 is 0 Å². The Kier molecular flexibility index (Phi) is 8.92. The lowest BCUT2D eigenvalue weighted by atomic mass is 10.1. The van der Waals surface area contributed by atoms with Crippen molar-refractivity contribution in [3.05, 3.63) is 65.2 Å². The summed E-state index contributed by atoms with van der Waals surface area (Å²) in [6.07, 6.45) is 0. The molecule has 4 nitrogen and oxygen atoms in total. The normalized spacial score (nSPS) is 12.6. The van der Waals surface area contributed by atoms with Crippen LogP contribution in [0.4, 0.5) is 5.69 Å². The van der Waals surface area contributed by atoms with Crippen molar-refractivity contribution in [3.63, 3.8) is 0 Å². The van der Waals surface area contributed by atoms with E-state index in [1.807, 2.05) is 6.07 Å². The summed E-state index contributed by atoms with van der Waals surface area (Å²) in [5.41, 5.74) is 10.7. The van der Waals surface area contributed by atoms with Gasteiger partial charge in [0, 0.05) is 18.3 Å². The van der Waals surface area contributed by atoms with E-state index in [1.54, 1.807) is 0 Å². The average Bonchev–Trinajstić information content (AvgIpc) is 2.52. The number of nitrogens with one attached hydrogen (secondary N) is 1. The van der Waals surface area contributed by atoms with Gasteiger partial charge in [-0.2, -0.15) is 0 Å². The van der Waals surface area contributed by atoms with Gasteiger partial charge in [-0.05, 0) is 56.6 Å². The van der Waals surface area contributed by atoms with E-state index in [0.717, 1.165) is 12.2 Å². The largest absolute Gasteiger partial charge is 0.370 e. The molecule has 1 atom stereocenters. The summed E-state index contributed by atoms with van der Waals surface area (Å²) in [6, 6.07) is 17.0. The molecule has 2 rings (SSSR count). The molecule has 0 aromatic heterocycles. The molecule has 0 aliphatic rings. The molecule has 0 bridgehead atoms. The lowest BCUT2D eigenvalue weighted by Crippen LogP contribution is -2.32. The van der Waals surface area contributed by atoms with Crippen LogP contribution in [-0.2, 0) is 6.54 Å². The number of benzene rings is 2. The minimum Gasteiger partial charge on any atom is -0.370 e. The van der Waals surface area contributed by atoms with Crippen LogP contribution in [0.1, 0.15) is 23.6 Å². The van der Waals surface area contributed by atoms with Gasteiger partial charge in [0.25, 0.3) is 0 Å². The minimum absolute atomic E-state index is 0. The number of likely N-dealkylation sites (N-methyl/N-ethyl adjacent to an activating group) is 1. The van der Waals surface area contributed by atoms with E-state index >= 15 is 0 Å². The van der Waals surface area contributed by atoms with Gasteiger partial charge in [0.15, 0.2) is 5.96 Å². The van der Waals surface area contributed by atoms with Crippen molar-refractivity contribution in [2.75, 3.05) is 18.9 Å². The van der Waals surface area contributed by atoms with Crippen molar-refractivity contribution in [1.82, 2.24) is 4.90 Å². The summed E-state index contributed by atoms with van der Waals surface area (Å²) in [7, 11) is 2.11. The summed E-state index contributed by atoms with van der Waals surface area (Å²) in [6.45, 7) is 7.88. The highest BCUT2D eigenvalue weighted by atomic mass is 127. The molecule has 5 heteroatoms. The molecular formula is C20H29IN4. The zero-order valence-corrected chi connectivity index (χ0v) is 17.8. The molecule has 2 aromatic rings. The van der Waals surface area contributed by atoms with Gasteiger partial charge in [-0.3, -0.25) is 9.89 Å². The van der Waals surface area contributed by atoms with Gasteiger partial charge in [0.2, 0.25) is 0 Å². The molecule has 2 aromatic carbocycles. The summed E-state index contributed by atoms with van der Waals surface area (Å²) >= 11 is 0. The fourth-order valence-corrected chi connectivity index (χ4v) is 2.63. The first kappa shape index (κ1) is 21.4. The molecule has 0 spiro atoms. The van der Waals surface area contributed by atoms with Crippen LogP contribution in [0.15, 0.2) is 53.5 Å². The topological polar surface area (TPSA) is 53.6 Å². The van der Waals surface area contributed by atoms with Crippen LogP contribution in [0, 0.1) is 13.8 Å². The van der Waals surface area contributed by atoms with Crippen LogP contribution in [-0.4, -0.2) is 30.5 Å². The second kappa shape index (κ2) is 10.4. The molecule has 0 amide bonds. The molecule has 0 aliphatic carbocycles. The Balaban J connectivity index is 0.00000312. The molecule has 0 saturated carbocycles. The number of hydrogen-bond acceptors (Lipinski definition) is 2. The molecule has 25 heavy (non-hydrogen) atoms. The van der Waals surface area contributed by atoms with Crippen molar-refractivity contribution >= 4 is 35.6 Å². The third kappa shape index (κ3) is 7.44. The van der Waals surface area contributed by atoms with Crippen molar-refractivity contribution in [2.45, 2.75) is 33.4 Å². The second-order valence-electron chi connectivity index (χ2n) is 6.48. The van der Waals surface area contributed by atoms with E-state index in [2.05, 4.69) is 85.5 Å². The number of nitrogens with zero attached hydrogens (tertiary/aromatic N) is 2. The molecule has 1 unspecified atom stereocenters. The minimum atomic E-state index is 0. The number of anilines is 1. The Morgan fingerprint density at radius 1 is 1.12 bits per heavy atom. The van der Waals surface area contributed by atoms with Crippen molar-refractivity contribution in [1.29, 1.82) is 0 Å². The van der Waals surface area contributed by atoms with Crippen LogP contribution in [0.3, 0.4) is 0 Å². The van der Waals surface area contributed by atoms with Crippen molar-refractivity contribution in [3.8, 4) is 0 Å². The monoisotopic (exact) mass is 452 g/mol. The Bertz CT molecular complexity index is 665. The van der Waals surface area contributed by atoms with Crippen LogP contribution < -0.4 is 11.1 Å². The highest BCUT2D eigenvalue weighted by molar-refractivity contribution is 14.0. The van der Waals surface area contributed by atoms with Crippen LogP contribution in [0.2, 0.25) is 0 Å². The van der Waals surface area contributed by atoms with Crippen LogP contribution in [0.5, 0.6) is 0 Å². The zero-order chi connectivity index (χ0) is 17.5. The number of aryl methyl sites for hydroxylation is 2. The quantitative estimate of drug-likeness (QED) is 0.393. The van der Waals surface area contributed by atoms with Gasteiger partial charge in [-0.1, -0.05) is 36.4 Å². The summed E-state index contributed by atoms with van der Waals surface area (Å²) in [4.78, 5) is 6.76. The number of aliphatic imine (C=N–C) groups is 1. The Labute approximate surface area is 168 Å². The van der Waals surface area contributed by atoms with Gasteiger partial charge in [-0.15, -0.1) is 24.0 Å². The SMILES string of the molecule is Cc1cc(C)cc(NC(N)=NCC(C)N(C)Cc2ccccc2)c1.I. The van der Waals surface area contributed by atoms with E-state index in [4.69, 9.17) is 5.73 Å². The highest BCUT2D eigenvalue weighted by Gasteiger charge is 2.09. The molecule has 136 valence electrons. The lowest BCUT2D eigenvalue weighted by molar-refractivity contribution is 0.255. The number of guanidine groups is 1. The Morgan fingerprint density at radius 3 is 2.32 bits per heavy atom. The third-order valence-electron chi connectivity index (χ3n) is 4.05. The van der Waals surface area contributed by atoms with Gasteiger partial charge < -0.3 is 11.1 Å². The summed E-state index contributed by atoms with van der Waals surface area (Å²) < 4.78 is 0. The molecule has 0 fully saturated rings. The van der Waals surface area contributed by atoms with E-state index in [0.29, 0.717) is 18.5 Å². The van der Waals surface area contributed by atoms with E-state index in [9.17, 15) is 0 Å². The number of nitrogens with two attached hydrogens (primary N) is 1. The standard InChI is InChI=1S/C20H28N4.HI/c1-15-10-16(2)12-19(11-15)23-20(21)22-13-17(3)24(4)14-18-8-6-5-7-9-18;/h5-12,17H,13-14H2,1-4H3,(H3,21,22,23);1H. The van der Waals surface area contributed by atoms with Crippen LogP contribution >= 0.6 is 24.0 Å². The van der Waals surface area contributed by atoms with Gasteiger partial charge in [-0.25, -0.2) is 0 Å². The van der Waals surface area contributed by atoms with Crippen LogP contribution in [0.25, 0.3) is 0 Å². The third-order valence-corrected chi connectivity index (χ3v) is 4.05. The zero-order valence-electron chi connectivity index (χ0n) is 15.5. The maximum absolute atomic E-state index is 6.03. The van der Waals surface area contributed by atoms with E-state index in [1.165, 1.54) is 16.7 Å².